The molecule has 1 fully saturated rings. The Hall–Kier alpha value is -1.86. The fourth-order valence-corrected chi connectivity index (χ4v) is 5.45. The molecule has 1 spiro atoms. The molecule has 1 amide bonds. The monoisotopic (exact) mass is 445 g/mol. The summed E-state index contributed by atoms with van der Waals surface area (Å²) in [6.07, 6.45) is 2.41. The second-order valence-corrected chi connectivity index (χ2v) is 9.19. The number of amides is 1. The molecule has 1 saturated heterocycles. The van der Waals surface area contributed by atoms with Crippen LogP contribution in [-0.4, -0.2) is 40.3 Å². The van der Waals surface area contributed by atoms with Gasteiger partial charge in [-0.3, -0.25) is 4.79 Å². The molecule has 3 aliphatic rings. The lowest BCUT2D eigenvalue weighted by Crippen LogP contribution is -2.59. The number of hydrogen-bond donors (Lipinski definition) is 0. The summed E-state index contributed by atoms with van der Waals surface area (Å²) in [5.41, 5.74) is 1.83. The van der Waals surface area contributed by atoms with Gasteiger partial charge in [0, 0.05) is 49.3 Å². The summed E-state index contributed by atoms with van der Waals surface area (Å²) in [6.45, 7) is 3.04. The van der Waals surface area contributed by atoms with E-state index in [1.807, 2.05) is 11.0 Å². The van der Waals surface area contributed by atoms with E-state index < -0.39 is 5.72 Å². The van der Waals surface area contributed by atoms with E-state index in [1.165, 1.54) is 10.4 Å². The van der Waals surface area contributed by atoms with E-state index in [1.54, 1.807) is 18.3 Å². The van der Waals surface area contributed by atoms with E-state index in [0.717, 1.165) is 35.2 Å². The van der Waals surface area contributed by atoms with Crippen LogP contribution in [0.25, 0.3) is 0 Å². The third kappa shape index (κ3) is 2.79. The van der Waals surface area contributed by atoms with Crippen molar-refractivity contribution in [2.24, 2.45) is 5.10 Å². The van der Waals surface area contributed by atoms with Crippen LogP contribution in [0.4, 0.5) is 0 Å². The standard InChI is InChI=1S/C20H20BrN3O2S/c1-13(25)23-8-6-20(7-9-23)24-17(12-16(22-24)19-3-2-10-27-19)15-11-14(21)4-5-18(15)26-20/h2-5,10-11,17H,6-9,12H2,1H3/t17-/m1/s1. The van der Waals surface area contributed by atoms with E-state index >= 15 is 0 Å². The number of rotatable bonds is 1. The highest BCUT2D eigenvalue weighted by atomic mass is 79.9. The SMILES string of the molecule is CC(=O)N1CCC2(CC1)Oc1ccc(Br)cc1[C@H]1CC(c3cccs3)=NN12. The van der Waals surface area contributed by atoms with Crippen LogP contribution in [0.3, 0.4) is 0 Å². The number of fused-ring (bicyclic) bond motifs is 4. The van der Waals surface area contributed by atoms with Crippen LogP contribution in [-0.2, 0) is 4.79 Å². The Labute approximate surface area is 170 Å². The fraction of sp³-hybridized carbons (Fsp3) is 0.400. The average Bonchev–Trinajstić information content (AvgIpc) is 3.33. The van der Waals surface area contributed by atoms with E-state index in [0.29, 0.717) is 13.1 Å². The zero-order valence-corrected chi connectivity index (χ0v) is 17.4. The minimum absolute atomic E-state index is 0.130. The Kier molecular flexibility index (Phi) is 4.05. The maximum Gasteiger partial charge on any atom is 0.219 e. The first kappa shape index (κ1) is 17.3. The van der Waals surface area contributed by atoms with Gasteiger partial charge in [-0.05, 0) is 29.6 Å². The second kappa shape index (κ2) is 6.34. The largest absolute Gasteiger partial charge is 0.466 e. The Morgan fingerprint density at radius 3 is 2.85 bits per heavy atom. The lowest BCUT2D eigenvalue weighted by atomic mass is 9.91. The summed E-state index contributed by atoms with van der Waals surface area (Å²) >= 11 is 5.33. The summed E-state index contributed by atoms with van der Waals surface area (Å²) < 4.78 is 7.64. The zero-order valence-electron chi connectivity index (χ0n) is 15.0. The molecule has 1 atom stereocenters. The van der Waals surface area contributed by atoms with E-state index in [-0.39, 0.29) is 11.9 Å². The van der Waals surface area contributed by atoms with Crippen molar-refractivity contribution in [3.8, 4) is 5.75 Å². The molecule has 4 heterocycles. The third-order valence-corrected chi connectivity index (χ3v) is 7.17. The normalized spacial score (nSPS) is 22.9. The predicted octanol–water partition coefficient (Wildman–Crippen LogP) is 4.39. The highest BCUT2D eigenvalue weighted by Crippen LogP contribution is 2.50. The molecule has 0 aliphatic carbocycles. The number of hydrogen-bond acceptors (Lipinski definition) is 5. The molecule has 0 N–H and O–H groups in total. The van der Waals surface area contributed by atoms with Gasteiger partial charge >= 0.3 is 0 Å². The maximum absolute atomic E-state index is 11.8. The Morgan fingerprint density at radius 2 is 2.15 bits per heavy atom. The summed E-state index contributed by atoms with van der Waals surface area (Å²) in [6, 6.07) is 10.6. The molecule has 1 aromatic carbocycles. The number of halogens is 1. The first-order valence-electron chi connectivity index (χ1n) is 9.20. The molecule has 0 bridgehead atoms. The summed E-state index contributed by atoms with van der Waals surface area (Å²) in [5, 5.41) is 9.33. The first-order chi connectivity index (χ1) is 13.1. The highest BCUT2D eigenvalue weighted by Gasteiger charge is 2.52. The van der Waals surface area contributed by atoms with Crippen molar-refractivity contribution in [2.45, 2.75) is 38.0 Å². The smallest absolute Gasteiger partial charge is 0.219 e. The maximum atomic E-state index is 11.8. The summed E-state index contributed by atoms with van der Waals surface area (Å²) in [7, 11) is 0. The second-order valence-electron chi connectivity index (χ2n) is 7.32. The van der Waals surface area contributed by atoms with Crippen molar-refractivity contribution in [3.63, 3.8) is 0 Å². The van der Waals surface area contributed by atoms with Gasteiger partial charge in [0.2, 0.25) is 11.6 Å². The Morgan fingerprint density at radius 1 is 1.33 bits per heavy atom. The zero-order chi connectivity index (χ0) is 18.6. The Bertz CT molecular complexity index is 919. The predicted molar refractivity (Wildman–Crippen MR) is 109 cm³/mol. The molecular formula is C20H20BrN3O2S. The number of carbonyl (C=O) groups is 1. The molecule has 7 heteroatoms. The van der Waals surface area contributed by atoms with Crippen LogP contribution in [0.5, 0.6) is 5.75 Å². The minimum Gasteiger partial charge on any atom is -0.466 e. The van der Waals surface area contributed by atoms with Gasteiger partial charge in [-0.15, -0.1) is 11.3 Å². The molecule has 27 heavy (non-hydrogen) atoms. The van der Waals surface area contributed by atoms with Gasteiger partial charge < -0.3 is 9.64 Å². The van der Waals surface area contributed by atoms with Crippen LogP contribution in [0.1, 0.15) is 42.7 Å². The van der Waals surface area contributed by atoms with Gasteiger partial charge in [-0.25, -0.2) is 5.01 Å². The number of ether oxygens (including phenoxy) is 1. The van der Waals surface area contributed by atoms with Crippen LogP contribution in [0, 0.1) is 0 Å². The number of carbonyl (C=O) groups excluding carboxylic acids is 1. The molecular weight excluding hydrogens is 426 g/mol. The van der Waals surface area contributed by atoms with E-state index in [4.69, 9.17) is 9.84 Å². The van der Waals surface area contributed by atoms with E-state index in [9.17, 15) is 4.79 Å². The lowest BCUT2D eigenvalue weighted by Gasteiger charge is -2.51. The van der Waals surface area contributed by atoms with Crippen molar-refractivity contribution in [3.05, 3.63) is 50.6 Å². The number of benzene rings is 1. The number of thiophene rings is 1. The van der Waals surface area contributed by atoms with Gasteiger partial charge in [-0.2, -0.15) is 5.10 Å². The minimum atomic E-state index is -0.476. The van der Waals surface area contributed by atoms with Crippen LogP contribution < -0.4 is 4.74 Å². The molecule has 5 rings (SSSR count). The lowest BCUT2D eigenvalue weighted by molar-refractivity contribution is -0.158. The molecule has 0 saturated carbocycles. The third-order valence-electron chi connectivity index (χ3n) is 5.75. The van der Waals surface area contributed by atoms with Crippen LogP contribution >= 0.6 is 27.3 Å². The highest BCUT2D eigenvalue weighted by molar-refractivity contribution is 9.10. The number of piperidine rings is 1. The van der Waals surface area contributed by atoms with Gasteiger partial charge in [0.15, 0.2) is 0 Å². The molecule has 1 aromatic heterocycles. The molecule has 3 aliphatic heterocycles. The van der Waals surface area contributed by atoms with Crippen LogP contribution in [0.15, 0.2) is 45.3 Å². The Balaban J connectivity index is 1.56. The quantitative estimate of drug-likeness (QED) is 0.653. The van der Waals surface area contributed by atoms with Gasteiger partial charge in [-0.1, -0.05) is 22.0 Å². The average molecular weight is 446 g/mol. The van der Waals surface area contributed by atoms with Gasteiger partial charge in [0.1, 0.15) is 5.75 Å². The molecule has 2 aromatic rings. The molecule has 5 nitrogen and oxygen atoms in total. The fourth-order valence-electron chi connectivity index (χ4n) is 4.35. The van der Waals surface area contributed by atoms with Crippen molar-refractivity contribution in [1.82, 2.24) is 9.91 Å². The van der Waals surface area contributed by atoms with Crippen molar-refractivity contribution < 1.29 is 9.53 Å². The van der Waals surface area contributed by atoms with Crippen molar-refractivity contribution in [1.29, 1.82) is 0 Å². The van der Waals surface area contributed by atoms with Gasteiger partial charge in [0.25, 0.3) is 0 Å². The molecule has 0 unspecified atom stereocenters. The number of likely N-dealkylation sites (tertiary alicyclic amines) is 1. The van der Waals surface area contributed by atoms with Crippen molar-refractivity contribution >= 4 is 38.9 Å². The topological polar surface area (TPSA) is 45.1 Å². The molecule has 0 radical (unpaired) electrons. The number of hydrazone groups is 1. The van der Waals surface area contributed by atoms with Gasteiger partial charge in [0.05, 0.1) is 16.6 Å². The molecule has 140 valence electrons. The van der Waals surface area contributed by atoms with E-state index in [2.05, 4.69) is 50.6 Å². The first-order valence-corrected chi connectivity index (χ1v) is 10.9. The summed E-state index contributed by atoms with van der Waals surface area (Å²) in [4.78, 5) is 14.9. The summed E-state index contributed by atoms with van der Waals surface area (Å²) in [5.74, 6) is 1.07. The number of nitrogens with zero attached hydrogens (tertiary/aromatic N) is 3. The van der Waals surface area contributed by atoms with Crippen molar-refractivity contribution in [2.75, 3.05) is 13.1 Å². The van der Waals surface area contributed by atoms with Crippen LogP contribution in [0.2, 0.25) is 0 Å².